The molecular weight excluding hydrogens is 246 g/mol. The predicted molar refractivity (Wildman–Crippen MR) is 68.0 cm³/mol. The zero-order chi connectivity index (χ0) is 13.6. The van der Waals surface area contributed by atoms with Gasteiger partial charge in [0.1, 0.15) is 11.3 Å². The van der Waals surface area contributed by atoms with Gasteiger partial charge in [0.15, 0.2) is 17.2 Å². The van der Waals surface area contributed by atoms with Gasteiger partial charge < -0.3 is 14.5 Å². The molecule has 1 aromatic carbocycles. The van der Waals surface area contributed by atoms with Crippen LogP contribution in [0.1, 0.15) is 22.1 Å². The Labute approximate surface area is 108 Å². The molecular formula is C13H11N3O3. The van der Waals surface area contributed by atoms with Crippen molar-refractivity contribution in [2.24, 2.45) is 0 Å². The van der Waals surface area contributed by atoms with E-state index in [1.165, 1.54) is 0 Å². The van der Waals surface area contributed by atoms with Crippen LogP contribution in [0.15, 0.2) is 22.6 Å². The number of nitrogens with zero attached hydrogens (tertiary/aromatic N) is 2. The van der Waals surface area contributed by atoms with Gasteiger partial charge in [-0.3, -0.25) is 0 Å². The largest absolute Gasteiger partial charge is 0.476 e. The van der Waals surface area contributed by atoms with Gasteiger partial charge in [0.05, 0.1) is 0 Å². The highest BCUT2D eigenvalue weighted by Crippen LogP contribution is 2.23. The number of carboxylic acid groups (broad SMARTS) is 1. The lowest BCUT2D eigenvalue weighted by Crippen LogP contribution is -1.98. The lowest BCUT2D eigenvalue weighted by molar-refractivity contribution is 0.0690. The summed E-state index contributed by atoms with van der Waals surface area (Å²) in [4.78, 5) is 22.3. The molecule has 2 N–H and O–H groups in total. The number of aromatic nitrogens is 3. The lowest BCUT2D eigenvalue weighted by Gasteiger charge is -1.95. The molecule has 0 bridgehead atoms. The number of carbonyl (C=O) groups is 1. The van der Waals surface area contributed by atoms with Crippen molar-refractivity contribution in [3.05, 3.63) is 35.5 Å². The second-order valence-electron chi connectivity index (χ2n) is 4.28. The third-order valence-corrected chi connectivity index (χ3v) is 2.86. The number of hydrogen-bond acceptors (Lipinski definition) is 4. The van der Waals surface area contributed by atoms with Crippen molar-refractivity contribution < 1.29 is 14.3 Å². The Bertz CT molecular complexity index is 786. The molecule has 0 unspecified atom stereocenters. The number of imidazole rings is 1. The Morgan fingerprint density at radius 2 is 2.11 bits per heavy atom. The molecule has 96 valence electrons. The van der Waals surface area contributed by atoms with Crippen molar-refractivity contribution >= 4 is 17.1 Å². The number of fused-ring (bicyclic) bond motifs is 1. The lowest BCUT2D eigenvalue weighted by atomic mass is 10.2. The number of oxazole rings is 1. The van der Waals surface area contributed by atoms with E-state index in [4.69, 9.17) is 9.52 Å². The van der Waals surface area contributed by atoms with E-state index in [1.807, 2.05) is 12.1 Å². The van der Waals surface area contributed by atoms with Crippen LogP contribution in [0.2, 0.25) is 0 Å². The van der Waals surface area contributed by atoms with Crippen molar-refractivity contribution in [1.82, 2.24) is 15.0 Å². The molecule has 0 aliphatic rings. The van der Waals surface area contributed by atoms with Gasteiger partial charge in [-0.05, 0) is 25.1 Å². The summed E-state index contributed by atoms with van der Waals surface area (Å²) in [6, 6.07) is 5.43. The summed E-state index contributed by atoms with van der Waals surface area (Å²) in [5.74, 6) is 0.0600. The van der Waals surface area contributed by atoms with Crippen LogP contribution in [0, 0.1) is 13.8 Å². The molecule has 0 radical (unpaired) electrons. The summed E-state index contributed by atoms with van der Waals surface area (Å²) >= 11 is 0. The Kier molecular flexibility index (Phi) is 2.38. The minimum absolute atomic E-state index is 0.0337. The highest BCUT2D eigenvalue weighted by Gasteiger charge is 2.15. The second-order valence-corrected chi connectivity index (χ2v) is 4.28. The first-order chi connectivity index (χ1) is 9.04. The minimum atomic E-state index is -1.04. The molecule has 6 heteroatoms. The number of H-pyrrole nitrogens is 1. The van der Waals surface area contributed by atoms with Crippen LogP contribution in [0.5, 0.6) is 0 Å². The quantitative estimate of drug-likeness (QED) is 0.736. The SMILES string of the molecule is Cc1nc2cc(-c3nc(C(=O)O)c(C)[nH]3)ccc2o1. The van der Waals surface area contributed by atoms with E-state index in [2.05, 4.69) is 15.0 Å². The molecule has 0 atom stereocenters. The average Bonchev–Trinajstić information content (AvgIpc) is 2.89. The fourth-order valence-electron chi connectivity index (χ4n) is 2.00. The summed E-state index contributed by atoms with van der Waals surface area (Å²) in [5, 5.41) is 8.99. The van der Waals surface area contributed by atoms with Crippen LogP contribution in [0.4, 0.5) is 0 Å². The molecule has 0 amide bonds. The fourth-order valence-corrected chi connectivity index (χ4v) is 2.00. The fraction of sp³-hybridized carbons (Fsp3) is 0.154. The number of aryl methyl sites for hydroxylation is 2. The van der Waals surface area contributed by atoms with Crippen LogP contribution in [0.25, 0.3) is 22.5 Å². The van der Waals surface area contributed by atoms with Crippen molar-refractivity contribution in [1.29, 1.82) is 0 Å². The van der Waals surface area contributed by atoms with Gasteiger partial charge in [-0.25, -0.2) is 14.8 Å². The van der Waals surface area contributed by atoms with E-state index >= 15 is 0 Å². The van der Waals surface area contributed by atoms with Gasteiger partial charge in [0.2, 0.25) is 0 Å². The van der Waals surface area contributed by atoms with Gasteiger partial charge in [-0.2, -0.15) is 0 Å². The molecule has 19 heavy (non-hydrogen) atoms. The first kappa shape index (κ1) is 11.5. The van der Waals surface area contributed by atoms with Gasteiger partial charge in [0, 0.05) is 18.2 Å². The van der Waals surface area contributed by atoms with Crippen molar-refractivity contribution in [3.63, 3.8) is 0 Å². The third-order valence-electron chi connectivity index (χ3n) is 2.86. The summed E-state index contributed by atoms with van der Waals surface area (Å²) in [5.41, 5.74) is 2.76. The van der Waals surface area contributed by atoms with E-state index in [1.54, 1.807) is 19.9 Å². The smallest absolute Gasteiger partial charge is 0.356 e. The summed E-state index contributed by atoms with van der Waals surface area (Å²) < 4.78 is 5.39. The molecule has 0 fully saturated rings. The number of hydrogen-bond donors (Lipinski definition) is 2. The molecule has 0 aliphatic heterocycles. The number of nitrogens with one attached hydrogen (secondary N) is 1. The maximum Gasteiger partial charge on any atom is 0.356 e. The summed E-state index contributed by atoms with van der Waals surface area (Å²) in [6.07, 6.45) is 0. The molecule has 0 aliphatic carbocycles. The average molecular weight is 257 g/mol. The van der Waals surface area contributed by atoms with Gasteiger partial charge in [0.25, 0.3) is 0 Å². The molecule has 0 spiro atoms. The third kappa shape index (κ3) is 1.87. The van der Waals surface area contributed by atoms with Crippen molar-refractivity contribution in [3.8, 4) is 11.4 Å². The maximum absolute atomic E-state index is 11.0. The number of carboxylic acids is 1. The topological polar surface area (TPSA) is 92.0 Å². The van der Waals surface area contributed by atoms with E-state index in [9.17, 15) is 4.79 Å². The van der Waals surface area contributed by atoms with Gasteiger partial charge in [-0.1, -0.05) is 0 Å². The second kappa shape index (κ2) is 3.94. The summed E-state index contributed by atoms with van der Waals surface area (Å²) in [7, 11) is 0. The Hall–Kier alpha value is -2.63. The summed E-state index contributed by atoms with van der Waals surface area (Å²) in [6.45, 7) is 3.46. The highest BCUT2D eigenvalue weighted by molar-refractivity contribution is 5.88. The minimum Gasteiger partial charge on any atom is -0.476 e. The molecule has 2 aromatic heterocycles. The van der Waals surface area contributed by atoms with Gasteiger partial charge >= 0.3 is 5.97 Å². The van der Waals surface area contributed by atoms with Crippen LogP contribution >= 0.6 is 0 Å². The van der Waals surface area contributed by atoms with E-state index < -0.39 is 5.97 Å². The normalized spacial score (nSPS) is 11.1. The molecule has 3 aromatic rings. The standard InChI is InChI=1S/C13H11N3O3/c1-6-11(13(17)18)16-12(14-6)8-3-4-10-9(5-8)15-7(2)19-10/h3-5H,1-2H3,(H,14,16)(H,17,18). The Morgan fingerprint density at radius 3 is 2.79 bits per heavy atom. The highest BCUT2D eigenvalue weighted by atomic mass is 16.4. The first-order valence-corrected chi connectivity index (χ1v) is 5.72. The number of benzene rings is 1. The molecule has 2 heterocycles. The monoisotopic (exact) mass is 257 g/mol. The van der Waals surface area contributed by atoms with Crippen LogP contribution in [0.3, 0.4) is 0 Å². The Morgan fingerprint density at radius 1 is 1.32 bits per heavy atom. The van der Waals surface area contributed by atoms with E-state index in [-0.39, 0.29) is 5.69 Å². The zero-order valence-electron chi connectivity index (χ0n) is 10.4. The van der Waals surface area contributed by atoms with E-state index in [0.29, 0.717) is 23.0 Å². The first-order valence-electron chi connectivity index (χ1n) is 5.72. The van der Waals surface area contributed by atoms with Crippen molar-refractivity contribution in [2.45, 2.75) is 13.8 Å². The number of rotatable bonds is 2. The predicted octanol–water partition coefficient (Wildman–Crippen LogP) is 2.53. The number of aromatic amines is 1. The molecule has 0 saturated heterocycles. The Balaban J connectivity index is 2.13. The number of aromatic carboxylic acids is 1. The molecule has 6 nitrogen and oxygen atoms in total. The van der Waals surface area contributed by atoms with Gasteiger partial charge in [-0.15, -0.1) is 0 Å². The van der Waals surface area contributed by atoms with Crippen LogP contribution in [-0.4, -0.2) is 26.0 Å². The zero-order valence-corrected chi connectivity index (χ0v) is 10.4. The molecule has 0 saturated carbocycles. The van der Waals surface area contributed by atoms with Crippen LogP contribution < -0.4 is 0 Å². The maximum atomic E-state index is 11.0. The molecule has 3 rings (SSSR count). The van der Waals surface area contributed by atoms with E-state index in [0.717, 1.165) is 11.1 Å². The van der Waals surface area contributed by atoms with Crippen molar-refractivity contribution in [2.75, 3.05) is 0 Å². The van der Waals surface area contributed by atoms with Crippen LogP contribution in [-0.2, 0) is 0 Å².